The number of hydrogen-bond donors (Lipinski definition) is 1. The monoisotopic (exact) mass is 249 g/mol. The van der Waals surface area contributed by atoms with E-state index in [1.54, 1.807) is 0 Å². The minimum absolute atomic E-state index is 0.181. The van der Waals surface area contributed by atoms with Gasteiger partial charge < -0.3 is 4.74 Å². The van der Waals surface area contributed by atoms with Gasteiger partial charge in [-0.3, -0.25) is 10.1 Å². The molecule has 0 aliphatic rings. The van der Waals surface area contributed by atoms with Gasteiger partial charge in [-0.25, -0.2) is 0 Å². The fourth-order valence-electron chi connectivity index (χ4n) is 2.00. The molecule has 1 rings (SSSR count). The first-order valence-electron chi connectivity index (χ1n) is 6.43. The van der Waals surface area contributed by atoms with E-state index in [2.05, 4.69) is 31.3 Å². The van der Waals surface area contributed by atoms with Crippen LogP contribution in [0.3, 0.4) is 0 Å². The van der Waals surface area contributed by atoms with Crippen LogP contribution in [-0.2, 0) is 9.53 Å². The zero-order valence-electron chi connectivity index (χ0n) is 11.6. The first-order valence-corrected chi connectivity index (χ1v) is 6.43. The van der Waals surface area contributed by atoms with Gasteiger partial charge in [0.05, 0.1) is 7.11 Å². The van der Waals surface area contributed by atoms with Gasteiger partial charge in [0.15, 0.2) is 0 Å². The molecule has 0 fully saturated rings. The maximum atomic E-state index is 11.5. The van der Waals surface area contributed by atoms with Crippen molar-refractivity contribution in [3.8, 4) is 0 Å². The Morgan fingerprint density at radius 1 is 1.22 bits per heavy atom. The van der Waals surface area contributed by atoms with Gasteiger partial charge in [-0.2, -0.15) is 0 Å². The van der Waals surface area contributed by atoms with E-state index in [9.17, 15) is 4.79 Å². The molecule has 0 spiro atoms. The van der Waals surface area contributed by atoms with Gasteiger partial charge >= 0.3 is 5.97 Å². The van der Waals surface area contributed by atoms with E-state index in [4.69, 9.17) is 4.74 Å². The molecule has 0 heterocycles. The lowest BCUT2D eigenvalue weighted by atomic mass is 9.96. The molecule has 2 atom stereocenters. The molecule has 18 heavy (non-hydrogen) atoms. The Bertz CT molecular complexity index is 362. The molecule has 1 aromatic carbocycles. The standard InChI is InChI=1S/C15H23NO2/c1-11(2)10-14(13-8-6-5-7-9-13)16-12(3)15(17)18-4/h5-9,11-12,14,16H,10H2,1-4H3. The number of carbonyl (C=O) groups is 1. The van der Waals surface area contributed by atoms with Crippen molar-refractivity contribution < 1.29 is 9.53 Å². The van der Waals surface area contributed by atoms with Crippen LogP contribution in [0.2, 0.25) is 0 Å². The molecule has 0 aliphatic carbocycles. The molecular weight excluding hydrogens is 226 g/mol. The van der Waals surface area contributed by atoms with Crippen molar-refractivity contribution >= 4 is 5.97 Å². The third-order valence-corrected chi connectivity index (χ3v) is 2.91. The molecule has 0 aliphatic heterocycles. The number of nitrogens with one attached hydrogen (secondary N) is 1. The quantitative estimate of drug-likeness (QED) is 0.788. The molecule has 0 radical (unpaired) electrons. The molecule has 1 N–H and O–H groups in total. The Hall–Kier alpha value is -1.35. The second kappa shape index (κ2) is 7.17. The normalized spacial score (nSPS) is 14.3. The summed E-state index contributed by atoms with van der Waals surface area (Å²) in [6.45, 7) is 6.20. The van der Waals surface area contributed by atoms with Crippen molar-refractivity contribution in [2.75, 3.05) is 7.11 Å². The maximum Gasteiger partial charge on any atom is 0.322 e. The van der Waals surface area contributed by atoms with E-state index in [1.807, 2.05) is 25.1 Å². The first-order chi connectivity index (χ1) is 8.54. The molecule has 0 saturated carbocycles. The van der Waals surface area contributed by atoms with Gasteiger partial charge in [-0.15, -0.1) is 0 Å². The summed E-state index contributed by atoms with van der Waals surface area (Å²) in [6, 6.07) is 10.1. The molecule has 0 saturated heterocycles. The third-order valence-electron chi connectivity index (χ3n) is 2.91. The summed E-state index contributed by atoms with van der Waals surface area (Å²) < 4.78 is 4.75. The van der Waals surface area contributed by atoms with E-state index < -0.39 is 0 Å². The third kappa shape index (κ3) is 4.49. The first kappa shape index (κ1) is 14.7. The second-order valence-corrected chi connectivity index (χ2v) is 5.00. The van der Waals surface area contributed by atoms with Gasteiger partial charge in [0.2, 0.25) is 0 Å². The molecular formula is C15H23NO2. The highest BCUT2D eigenvalue weighted by Crippen LogP contribution is 2.21. The Morgan fingerprint density at radius 3 is 2.33 bits per heavy atom. The van der Waals surface area contributed by atoms with Crippen LogP contribution < -0.4 is 5.32 Å². The van der Waals surface area contributed by atoms with Crippen LogP contribution in [0.15, 0.2) is 30.3 Å². The fraction of sp³-hybridized carbons (Fsp3) is 0.533. The van der Waals surface area contributed by atoms with Crippen molar-refractivity contribution in [3.63, 3.8) is 0 Å². The average molecular weight is 249 g/mol. The van der Waals surface area contributed by atoms with Crippen molar-refractivity contribution in [2.45, 2.75) is 39.3 Å². The number of hydrogen-bond acceptors (Lipinski definition) is 3. The Kier molecular flexibility index (Phi) is 5.86. The van der Waals surface area contributed by atoms with E-state index in [0.717, 1.165) is 6.42 Å². The number of carbonyl (C=O) groups excluding carboxylic acids is 1. The van der Waals surface area contributed by atoms with Crippen LogP contribution in [0.25, 0.3) is 0 Å². The molecule has 100 valence electrons. The van der Waals surface area contributed by atoms with Gasteiger partial charge in [-0.1, -0.05) is 44.2 Å². The average Bonchev–Trinajstić information content (AvgIpc) is 2.37. The molecule has 2 unspecified atom stereocenters. The Balaban J connectivity index is 2.76. The Morgan fingerprint density at radius 2 is 1.83 bits per heavy atom. The number of esters is 1. The van der Waals surface area contributed by atoms with Gasteiger partial charge in [-0.05, 0) is 24.8 Å². The molecule has 1 aromatic rings. The van der Waals surface area contributed by atoms with Crippen molar-refractivity contribution in [1.82, 2.24) is 5.32 Å². The van der Waals surface area contributed by atoms with E-state index in [1.165, 1.54) is 12.7 Å². The highest BCUT2D eigenvalue weighted by atomic mass is 16.5. The number of benzene rings is 1. The number of methoxy groups -OCH3 is 1. The summed E-state index contributed by atoms with van der Waals surface area (Å²) >= 11 is 0. The van der Waals surface area contributed by atoms with Crippen molar-refractivity contribution in [3.05, 3.63) is 35.9 Å². The fourth-order valence-corrected chi connectivity index (χ4v) is 2.00. The van der Waals surface area contributed by atoms with Crippen LogP contribution in [0.4, 0.5) is 0 Å². The van der Waals surface area contributed by atoms with Crippen LogP contribution in [-0.4, -0.2) is 19.1 Å². The van der Waals surface area contributed by atoms with Gasteiger partial charge in [0, 0.05) is 6.04 Å². The minimum atomic E-state index is -0.293. The summed E-state index contributed by atoms with van der Waals surface area (Å²) in [7, 11) is 1.42. The van der Waals surface area contributed by atoms with Crippen molar-refractivity contribution in [2.24, 2.45) is 5.92 Å². The number of ether oxygens (including phenoxy) is 1. The summed E-state index contributed by atoms with van der Waals surface area (Å²) in [5.74, 6) is 0.340. The summed E-state index contributed by atoms with van der Waals surface area (Å²) in [6.07, 6.45) is 0.991. The smallest absolute Gasteiger partial charge is 0.322 e. The summed E-state index contributed by atoms with van der Waals surface area (Å²) in [4.78, 5) is 11.5. The lowest BCUT2D eigenvalue weighted by Gasteiger charge is -2.24. The zero-order valence-corrected chi connectivity index (χ0v) is 11.6. The highest BCUT2D eigenvalue weighted by Gasteiger charge is 2.20. The largest absolute Gasteiger partial charge is 0.468 e. The lowest BCUT2D eigenvalue weighted by Crippen LogP contribution is -2.38. The van der Waals surface area contributed by atoms with Crippen LogP contribution in [0.1, 0.15) is 38.8 Å². The minimum Gasteiger partial charge on any atom is -0.468 e. The predicted molar refractivity (Wildman–Crippen MR) is 73.3 cm³/mol. The van der Waals surface area contributed by atoms with Gasteiger partial charge in [0.25, 0.3) is 0 Å². The summed E-state index contributed by atoms with van der Waals surface area (Å²) in [5.41, 5.74) is 1.21. The summed E-state index contributed by atoms with van der Waals surface area (Å²) in [5, 5.41) is 3.34. The SMILES string of the molecule is COC(=O)C(C)NC(CC(C)C)c1ccccc1. The van der Waals surface area contributed by atoms with E-state index in [-0.39, 0.29) is 18.1 Å². The molecule has 0 bridgehead atoms. The highest BCUT2D eigenvalue weighted by molar-refractivity contribution is 5.75. The van der Waals surface area contributed by atoms with Gasteiger partial charge in [0.1, 0.15) is 6.04 Å². The predicted octanol–water partition coefficient (Wildman–Crippen LogP) is 2.92. The molecule has 3 heteroatoms. The van der Waals surface area contributed by atoms with E-state index >= 15 is 0 Å². The molecule has 0 aromatic heterocycles. The Labute approximate surface area is 110 Å². The lowest BCUT2D eigenvalue weighted by molar-refractivity contribution is -0.142. The molecule has 3 nitrogen and oxygen atoms in total. The van der Waals surface area contributed by atoms with Crippen LogP contribution in [0, 0.1) is 5.92 Å². The van der Waals surface area contributed by atoms with Crippen molar-refractivity contribution in [1.29, 1.82) is 0 Å². The van der Waals surface area contributed by atoms with E-state index in [0.29, 0.717) is 5.92 Å². The topological polar surface area (TPSA) is 38.3 Å². The van der Waals surface area contributed by atoms with Crippen LogP contribution >= 0.6 is 0 Å². The maximum absolute atomic E-state index is 11.5. The zero-order chi connectivity index (χ0) is 13.5. The molecule has 0 amide bonds. The number of rotatable bonds is 6. The second-order valence-electron chi connectivity index (χ2n) is 5.00. The van der Waals surface area contributed by atoms with Crippen LogP contribution in [0.5, 0.6) is 0 Å².